The molecule has 0 radical (unpaired) electrons. The lowest BCUT2D eigenvalue weighted by atomic mass is 9.90. The van der Waals surface area contributed by atoms with Crippen LogP contribution in [0.1, 0.15) is 15.9 Å². The molecule has 0 aromatic heterocycles. The van der Waals surface area contributed by atoms with Crippen molar-refractivity contribution in [3.05, 3.63) is 53.6 Å². The molecular weight excluding hydrogens is 320 g/mol. The van der Waals surface area contributed by atoms with Crippen molar-refractivity contribution < 1.29 is 23.7 Å². The van der Waals surface area contributed by atoms with E-state index in [1.165, 1.54) is 0 Å². The van der Waals surface area contributed by atoms with Gasteiger partial charge in [0, 0.05) is 16.5 Å². The Morgan fingerprint density at radius 2 is 1.84 bits per heavy atom. The van der Waals surface area contributed by atoms with Gasteiger partial charge in [-0.25, -0.2) is 4.79 Å². The molecule has 2 heterocycles. The molecule has 0 N–H and O–H groups in total. The average molecular weight is 334 g/mol. The Kier molecular flexibility index (Phi) is 2.91. The van der Waals surface area contributed by atoms with Gasteiger partial charge in [-0.2, -0.15) is 0 Å². The van der Waals surface area contributed by atoms with Gasteiger partial charge in [0.15, 0.2) is 11.5 Å². The van der Waals surface area contributed by atoms with Crippen LogP contribution < -0.4 is 14.2 Å². The number of carbonyl (C=O) groups excluding carboxylic acids is 1. The van der Waals surface area contributed by atoms with Crippen LogP contribution in [-0.2, 0) is 11.3 Å². The molecule has 5 rings (SSSR count). The van der Waals surface area contributed by atoms with Crippen molar-refractivity contribution >= 4 is 16.7 Å². The summed E-state index contributed by atoms with van der Waals surface area (Å²) in [5.41, 5.74) is 3.41. The summed E-state index contributed by atoms with van der Waals surface area (Å²) in [4.78, 5) is 12.1. The summed E-state index contributed by atoms with van der Waals surface area (Å²) in [6, 6.07) is 13.4. The summed E-state index contributed by atoms with van der Waals surface area (Å²) in [7, 11) is 1.63. The predicted molar refractivity (Wildman–Crippen MR) is 91.2 cm³/mol. The Balaban J connectivity index is 1.88. The van der Waals surface area contributed by atoms with Crippen LogP contribution in [0.3, 0.4) is 0 Å². The smallest absolute Gasteiger partial charge is 0.338 e. The van der Waals surface area contributed by atoms with Crippen LogP contribution in [0.4, 0.5) is 0 Å². The Bertz CT molecular complexity index is 1020. The molecule has 5 nitrogen and oxygen atoms in total. The summed E-state index contributed by atoms with van der Waals surface area (Å²) in [5.74, 6) is 1.92. The zero-order valence-corrected chi connectivity index (χ0v) is 13.5. The van der Waals surface area contributed by atoms with Gasteiger partial charge in [0.25, 0.3) is 0 Å². The second-order valence-corrected chi connectivity index (χ2v) is 5.98. The first-order valence-electron chi connectivity index (χ1n) is 7.96. The van der Waals surface area contributed by atoms with Crippen molar-refractivity contribution in [2.45, 2.75) is 6.61 Å². The number of rotatable bonds is 2. The first kappa shape index (κ1) is 14.2. The second-order valence-electron chi connectivity index (χ2n) is 5.98. The van der Waals surface area contributed by atoms with Crippen LogP contribution in [0.15, 0.2) is 42.5 Å². The number of methoxy groups -OCH3 is 1. The average Bonchev–Trinajstić information content (AvgIpc) is 3.27. The van der Waals surface area contributed by atoms with Crippen molar-refractivity contribution in [3.8, 4) is 28.4 Å². The maximum Gasteiger partial charge on any atom is 0.338 e. The lowest BCUT2D eigenvalue weighted by Gasteiger charge is -2.14. The predicted octanol–water partition coefficient (Wildman–Crippen LogP) is 3.91. The third kappa shape index (κ3) is 1.99. The lowest BCUT2D eigenvalue weighted by Crippen LogP contribution is -1.97. The van der Waals surface area contributed by atoms with E-state index in [1.807, 2.05) is 42.5 Å². The van der Waals surface area contributed by atoms with E-state index in [1.54, 1.807) is 7.11 Å². The van der Waals surface area contributed by atoms with Crippen LogP contribution in [0.2, 0.25) is 0 Å². The van der Waals surface area contributed by atoms with E-state index >= 15 is 0 Å². The fourth-order valence-electron chi connectivity index (χ4n) is 3.52. The monoisotopic (exact) mass is 334 g/mol. The van der Waals surface area contributed by atoms with E-state index in [-0.39, 0.29) is 19.4 Å². The van der Waals surface area contributed by atoms with Crippen LogP contribution >= 0.6 is 0 Å². The van der Waals surface area contributed by atoms with Gasteiger partial charge in [-0.15, -0.1) is 0 Å². The Morgan fingerprint density at radius 1 is 1.00 bits per heavy atom. The summed E-state index contributed by atoms with van der Waals surface area (Å²) < 4.78 is 21.8. The normalized spacial score (nSPS) is 14.5. The highest BCUT2D eigenvalue weighted by Gasteiger charge is 2.29. The van der Waals surface area contributed by atoms with Crippen molar-refractivity contribution in [1.29, 1.82) is 0 Å². The SMILES string of the molecule is COc1ccc(-c2c3c(cc4ccc5c(c24)OCO5)C(=O)OC3)cc1. The molecule has 5 heteroatoms. The van der Waals surface area contributed by atoms with Crippen molar-refractivity contribution in [3.63, 3.8) is 0 Å². The van der Waals surface area contributed by atoms with Crippen molar-refractivity contribution in [2.24, 2.45) is 0 Å². The van der Waals surface area contributed by atoms with Gasteiger partial charge in [0.2, 0.25) is 6.79 Å². The maximum absolute atomic E-state index is 12.1. The van der Waals surface area contributed by atoms with E-state index in [0.717, 1.165) is 33.2 Å². The Hall–Kier alpha value is -3.21. The molecule has 3 aromatic rings. The molecule has 2 aliphatic heterocycles. The van der Waals surface area contributed by atoms with Gasteiger partial charge in [0.05, 0.1) is 12.7 Å². The van der Waals surface area contributed by atoms with Crippen LogP contribution in [-0.4, -0.2) is 19.9 Å². The minimum Gasteiger partial charge on any atom is -0.497 e. The molecule has 25 heavy (non-hydrogen) atoms. The number of esters is 1. The molecule has 124 valence electrons. The Morgan fingerprint density at radius 3 is 2.64 bits per heavy atom. The minimum absolute atomic E-state index is 0.197. The number of fused-ring (bicyclic) bond motifs is 4. The molecule has 2 aliphatic rings. The number of carbonyl (C=O) groups is 1. The van der Waals surface area contributed by atoms with Gasteiger partial charge < -0.3 is 18.9 Å². The third-order valence-corrected chi connectivity index (χ3v) is 4.69. The highest BCUT2D eigenvalue weighted by molar-refractivity contribution is 6.10. The molecule has 0 fully saturated rings. The number of hydrogen-bond acceptors (Lipinski definition) is 5. The minimum atomic E-state index is -0.288. The van der Waals surface area contributed by atoms with Gasteiger partial charge in [-0.3, -0.25) is 0 Å². The molecule has 0 amide bonds. The Labute approximate surface area is 143 Å². The number of hydrogen-bond donors (Lipinski definition) is 0. The molecule has 3 aromatic carbocycles. The fourth-order valence-corrected chi connectivity index (χ4v) is 3.52. The highest BCUT2D eigenvalue weighted by atomic mass is 16.7. The second kappa shape index (κ2) is 5.14. The zero-order chi connectivity index (χ0) is 17.0. The van der Waals surface area contributed by atoms with Gasteiger partial charge in [-0.05, 0) is 35.2 Å². The van der Waals surface area contributed by atoms with Crippen molar-refractivity contribution in [1.82, 2.24) is 0 Å². The maximum atomic E-state index is 12.1. The van der Waals surface area contributed by atoms with E-state index in [2.05, 4.69) is 0 Å². The zero-order valence-electron chi connectivity index (χ0n) is 13.5. The van der Waals surface area contributed by atoms with Gasteiger partial charge >= 0.3 is 5.97 Å². The first-order chi connectivity index (χ1) is 12.3. The molecule has 0 spiro atoms. The first-order valence-corrected chi connectivity index (χ1v) is 7.96. The summed E-state index contributed by atoms with van der Waals surface area (Å²) >= 11 is 0. The fraction of sp³-hybridized carbons (Fsp3) is 0.150. The molecular formula is C20H14O5. The summed E-state index contributed by atoms with van der Waals surface area (Å²) in [6.45, 7) is 0.457. The van der Waals surface area contributed by atoms with E-state index in [9.17, 15) is 4.79 Å². The summed E-state index contributed by atoms with van der Waals surface area (Å²) in [5, 5.41) is 1.87. The topological polar surface area (TPSA) is 54.0 Å². The summed E-state index contributed by atoms with van der Waals surface area (Å²) in [6.07, 6.45) is 0. The quantitative estimate of drug-likeness (QED) is 0.665. The molecule has 0 aliphatic carbocycles. The van der Waals surface area contributed by atoms with E-state index < -0.39 is 0 Å². The third-order valence-electron chi connectivity index (χ3n) is 4.69. The van der Waals surface area contributed by atoms with Crippen LogP contribution in [0.5, 0.6) is 17.2 Å². The van der Waals surface area contributed by atoms with E-state index in [4.69, 9.17) is 18.9 Å². The number of ether oxygens (including phenoxy) is 4. The number of cyclic esters (lactones) is 1. The van der Waals surface area contributed by atoms with Gasteiger partial charge in [0.1, 0.15) is 12.4 Å². The molecule has 0 saturated carbocycles. The standard InChI is InChI=1S/C20H14O5/c1-22-13-5-2-11(3-6-13)17-15-9-23-20(21)14(15)8-12-4-7-16-19(18(12)17)25-10-24-16/h2-8H,9-10H2,1H3. The molecule has 0 unspecified atom stereocenters. The molecule has 0 bridgehead atoms. The van der Waals surface area contributed by atoms with E-state index in [0.29, 0.717) is 17.1 Å². The highest BCUT2D eigenvalue weighted by Crippen LogP contribution is 2.47. The lowest BCUT2D eigenvalue weighted by molar-refractivity contribution is 0.0535. The van der Waals surface area contributed by atoms with Gasteiger partial charge in [-0.1, -0.05) is 18.2 Å². The molecule has 0 atom stereocenters. The number of benzene rings is 3. The van der Waals surface area contributed by atoms with Crippen LogP contribution in [0.25, 0.3) is 21.9 Å². The molecule has 0 saturated heterocycles. The van der Waals surface area contributed by atoms with Crippen LogP contribution in [0, 0.1) is 0 Å². The largest absolute Gasteiger partial charge is 0.497 e. The van der Waals surface area contributed by atoms with Crippen molar-refractivity contribution in [2.75, 3.05) is 13.9 Å².